The molecule has 0 fully saturated rings. The summed E-state index contributed by atoms with van der Waals surface area (Å²) in [5.41, 5.74) is 4.54. The van der Waals surface area contributed by atoms with E-state index in [1.165, 1.54) is 0 Å². The van der Waals surface area contributed by atoms with Crippen LogP contribution in [0.25, 0.3) is 21.7 Å². The topological polar surface area (TPSA) is 68.6 Å². The van der Waals surface area contributed by atoms with E-state index in [9.17, 15) is 4.79 Å². The molecule has 0 spiro atoms. The van der Waals surface area contributed by atoms with Crippen LogP contribution in [0.4, 0.5) is 0 Å². The normalized spacial score (nSPS) is 10.8. The molecule has 5 nitrogen and oxygen atoms in total. The molecule has 4 rings (SSSR count). The summed E-state index contributed by atoms with van der Waals surface area (Å²) < 4.78 is 0. The average Bonchev–Trinajstić information content (AvgIpc) is 3.17. The third-order valence-corrected chi connectivity index (χ3v) is 5.41. The number of hydrogen-bond acceptors (Lipinski definition) is 6. The van der Waals surface area contributed by atoms with Crippen LogP contribution in [0, 0.1) is 6.92 Å². The van der Waals surface area contributed by atoms with Gasteiger partial charge < -0.3 is 0 Å². The Kier molecular flexibility index (Phi) is 5.30. The first-order valence-electron chi connectivity index (χ1n) is 8.92. The second-order valence-electron chi connectivity index (χ2n) is 6.47. The van der Waals surface area contributed by atoms with Gasteiger partial charge >= 0.3 is 0 Å². The molecule has 0 aliphatic rings. The fourth-order valence-corrected chi connectivity index (χ4v) is 3.95. The standard InChI is InChI=1S/C22H18N4OS/c1-15-10-16(6-7-24-15)22-5-4-20(28-22)12-19(27)11-18-3-2-17(13-26-18)21-14-23-8-9-25-21/h2-10,13-14H,11-12H2,1H3. The molecule has 0 saturated heterocycles. The lowest BCUT2D eigenvalue weighted by Crippen LogP contribution is -2.06. The number of Topliss-reactive ketones (excluding diaryl/α,β-unsaturated/α-hetero) is 1. The number of carbonyl (C=O) groups excluding carboxylic acids is 1. The van der Waals surface area contributed by atoms with Gasteiger partial charge in [0.1, 0.15) is 5.78 Å². The molecule has 0 amide bonds. The van der Waals surface area contributed by atoms with Crippen LogP contribution in [0.15, 0.2) is 67.4 Å². The van der Waals surface area contributed by atoms with Crippen molar-refractivity contribution >= 4 is 17.1 Å². The lowest BCUT2D eigenvalue weighted by Gasteiger charge is -2.02. The van der Waals surface area contributed by atoms with E-state index in [0.29, 0.717) is 12.8 Å². The zero-order valence-electron chi connectivity index (χ0n) is 15.4. The minimum Gasteiger partial charge on any atom is -0.299 e. The van der Waals surface area contributed by atoms with Crippen LogP contribution in [0.3, 0.4) is 0 Å². The largest absolute Gasteiger partial charge is 0.299 e. The van der Waals surface area contributed by atoms with Gasteiger partial charge in [-0.2, -0.15) is 0 Å². The van der Waals surface area contributed by atoms with Crippen molar-refractivity contribution < 1.29 is 4.79 Å². The van der Waals surface area contributed by atoms with Crippen molar-refractivity contribution in [2.45, 2.75) is 19.8 Å². The Labute approximate surface area is 167 Å². The number of thiophene rings is 1. The van der Waals surface area contributed by atoms with Crippen LogP contribution in [0.2, 0.25) is 0 Å². The molecule has 0 atom stereocenters. The highest BCUT2D eigenvalue weighted by Crippen LogP contribution is 2.28. The predicted octanol–water partition coefficient (Wildman–Crippen LogP) is 4.32. The van der Waals surface area contributed by atoms with E-state index in [1.807, 2.05) is 37.4 Å². The number of nitrogens with zero attached hydrogens (tertiary/aromatic N) is 4. The van der Waals surface area contributed by atoms with Crippen molar-refractivity contribution in [1.29, 1.82) is 0 Å². The van der Waals surface area contributed by atoms with E-state index in [4.69, 9.17) is 0 Å². The van der Waals surface area contributed by atoms with Gasteiger partial charge in [0, 0.05) is 64.3 Å². The smallest absolute Gasteiger partial charge is 0.144 e. The maximum atomic E-state index is 12.5. The Bertz CT molecular complexity index is 1090. The summed E-state index contributed by atoms with van der Waals surface area (Å²) in [6.45, 7) is 1.98. The third-order valence-electron chi connectivity index (χ3n) is 4.28. The van der Waals surface area contributed by atoms with Gasteiger partial charge in [0.15, 0.2) is 0 Å². The van der Waals surface area contributed by atoms with E-state index in [1.54, 1.807) is 36.1 Å². The van der Waals surface area contributed by atoms with Crippen LogP contribution in [0.5, 0.6) is 0 Å². The van der Waals surface area contributed by atoms with E-state index in [2.05, 4.69) is 32.1 Å². The van der Waals surface area contributed by atoms with Crippen LogP contribution >= 0.6 is 11.3 Å². The van der Waals surface area contributed by atoms with Gasteiger partial charge in [-0.3, -0.25) is 24.7 Å². The average molecular weight is 386 g/mol. The Morgan fingerprint density at radius 3 is 2.57 bits per heavy atom. The highest BCUT2D eigenvalue weighted by Gasteiger charge is 2.10. The van der Waals surface area contributed by atoms with Crippen molar-refractivity contribution in [3.63, 3.8) is 0 Å². The molecule has 0 unspecified atom stereocenters. The summed E-state index contributed by atoms with van der Waals surface area (Å²) >= 11 is 1.65. The summed E-state index contributed by atoms with van der Waals surface area (Å²) in [7, 11) is 0. The lowest BCUT2D eigenvalue weighted by atomic mass is 10.1. The van der Waals surface area contributed by atoms with E-state index >= 15 is 0 Å². The zero-order chi connectivity index (χ0) is 19.3. The van der Waals surface area contributed by atoms with E-state index < -0.39 is 0 Å². The van der Waals surface area contributed by atoms with Crippen LogP contribution < -0.4 is 0 Å². The maximum absolute atomic E-state index is 12.5. The van der Waals surface area contributed by atoms with Crippen molar-refractivity contribution in [1.82, 2.24) is 19.9 Å². The molecule has 0 N–H and O–H groups in total. The fraction of sp³-hybridized carbons (Fsp3) is 0.136. The fourth-order valence-electron chi connectivity index (χ4n) is 2.91. The minimum absolute atomic E-state index is 0.152. The maximum Gasteiger partial charge on any atom is 0.144 e. The Morgan fingerprint density at radius 1 is 0.893 bits per heavy atom. The quantitative estimate of drug-likeness (QED) is 0.493. The summed E-state index contributed by atoms with van der Waals surface area (Å²) in [5, 5.41) is 0. The van der Waals surface area contributed by atoms with Gasteiger partial charge in [0.25, 0.3) is 0 Å². The molecule has 6 heteroatoms. The zero-order valence-corrected chi connectivity index (χ0v) is 16.2. The molecule has 4 aromatic rings. The molecular weight excluding hydrogens is 368 g/mol. The van der Waals surface area contributed by atoms with E-state index in [-0.39, 0.29) is 5.78 Å². The predicted molar refractivity (Wildman–Crippen MR) is 110 cm³/mol. The molecule has 0 aliphatic carbocycles. The van der Waals surface area contributed by atoms with Crippen LogP contribution in [0.1, 0.15) is 16.3 Å². The molecule has 0 bridgehead atoms. The number of carbonyl (C=O) groups is 1. The number of rotatable bonds is 6. The summed E-state index contributed by atoms with van der Waals surface area (Å²) in [6.07, 6.45) is 9.27. The Hall–Kier alpha value is -3.25. The molecule has 0 aromatic carbocycles. The highest BCUT2D eigenvalue weighted by atomic mass is 32.1. The second kappa shape index (κ2) is 8.19. The minimum atomic E-state index is 0.152. The van der Waals surface area contributed by atoms with Gasteiger partial charge in [-0.25, -0.2) is 0 Å². The SMILES string of the molecule is Cc1cc(-c2ccc(CC(=O)Cc3ccc(-c4cnccn4)cn3)s2)ccn1. The molecule has 138 valence electrons. The van der Waals surface area contributed by atoms with Crippen molar-refractivity contribution in [3.8, 4) is 21.7 Å². The number of hydrogen-bond donors (Lipinski definition) is 0. The van der Waals surface area contributed by atoms with Crippen molar-refractivity contribution in [2.75, 3.05) is 0 Å². The number of aryl methyl sites for hydroxylation is 1. The van der Waals surface area contributed by atoms with Crippen molar-refractivity contribution in [3.05, 3.63) is 83.6 Å². The van der Waals surface area contributed by atoms with Gasteiger partial charge in [0.2, 0.25) is 0 Å². The molecule has 28 heavy (non-hydrogen) atoms. The molecule has 4 heterocycles. The second-order valence-corrected chi connectivity index (χ2v) is 7.64. The highest BCUT2D eigenvalue weighted by molar-refractivity contribution is 7.15. The molecule has 0 radical (unpaired) electrons. The lowest BCUT2D eigenvalue weighted by molar-refractivity contribution is -0.117. The van der Waals surface area contributed by atoms with Crippen LogP contribution in [-0.2, 0) is 17.6 Å². The number of aromatic nitrogens is 4. The molecule has 4 aromatic heterocycles. The summed E-state index contributed by atoms with van der Waals surface area (Å²) in [5.74, 6) is 0.152. The number of pyridine rings is 2. The first-order chi connectivity index (χ1) is 13.7. The van der Waals surface area contributed by atoms with Gasteiger partial charge in [0.05, 0.1) is 11.9 Å². The third kappa shape index (κ3) is 4.35. The van der Waals surface area contributed by atoms with Gasteiger partial charge in [-0.15, -0.1) is 11.3 Å². The molecule has 0 saturated carbocycles. The van der Waals surface area contributed by atoms with Gasteiger partial charge in [-0.1, -0.05) is 0 Å². The van der Waals surface area contributed by atoms with E-state index in [0.717, 1.165) is 38.0 Å². The monoisotopic (exact) mass is 386 g/mol. The molecular formula is C22H18N4OS. The molecule has 0 aliphatic heterocycles. The van der Waals surface area contributed by atoms with Gasteiger partial charge in [-0.05, 0) is 48.9 Å². The number of ketones is 1. The van der Waals surface area contributed by atoms with Crippen molar-refractivity contribution in [2.24, 2.45) is 0 Å². The van der Waals surface area contributed by atoms with Crippen LogP contribution in [-0.4, -0.2) is 25.7 Å². The summed E-state index contributed by atoms with van der Waals surface area (Å²) in [4.78, 5) is 31.6. The first kappa shape index (κ1) is 18.1. The summed E-state index contributed by atoms with van der Waals surface area (Å²) in [6, 6.07) is 11.9. The Balaban J connectivity index is 1.39. The first-order valence-corrected chi connectivity index (χ1v) is 9.74. The Morgan fingerprint density at radius 2 is 1.82 bits per heavy atom.